The minimum atomic E-state index is 0.157. The lowest BCUT2D eigenvalue weighted by Crippen LogP contribution is -2.41. The number of rotatable bonds is 7. The van der Waals surface area contributed by atoms with E-state index in [1.807, 2.05) is 53.4 Å². The molecule has 0 spiro atoms. The van der Waals surface area contributed by atoms with Crippen molar-refractivity contribution in [3.05, 3.63) is 54.1 Å². The maximum Gasteiger partial charge on any atom is 0.222 e. The van der Waals surface area contributed by atoms with Gasteiger partial charge in [0.1, 0.15) is 23.4 Å². The van der Waals surface area contributed by atoms with Crippen LogP contribution >= 0.6 is 0 Å². The number of piperidine rings is 1. The van der Waals surface area contributed by atoms with Crippen LogP contribution in [-0.4, -0.2) is 44.2 Å². The SMILES string of the molecule is COc1ccc(CCC(=O)N2CCC(Oc3ccc(OC)cc3)CC2)cc1. The number of hydrogen-bond donors (Lipinski definition) is 0. The summed E-state index contributed by atoms with van der Waals surface area (Å²) in [6.45, 7) is 1.50. The fourth-order valence-electron chi connectivity index (χ4n) is 3.27. The molecular weight excluding hydrogens is 342 g/mol. The first-order chi connectivity index (χ1) is 13.2. The van der Waals surface area contributed by atoms with Crippen LogP contribution in [0.25, 0.3) is 0 Å². The van der Waals surface area contributed by atoms with Gasteiger partial charge in [-0.1, -0.05) is 12.1 Å². The van der Waals surface area contributed by atoms with Crippen molar-refractivity contribution in [3.8, 4) is 17.2 Å². The van der Waals surface area contributed by atoms with Gasteiger partial charge in [0.25, 0.3) is 0 Å². The van der Waals surface area contributed by atoms with Crippen LogP contribution in [0.2, 0.25) is 0 Å². The topological polar surface area (TPSA) is 48.0 Å². The highest BCUT2D eigenvalue weighted by Gasteiger charge is 2.23. The third-order valence-corrected chi connectivity index (χ3v) is 4.94. The number of nitrogens with zero attached hydrogens (tertiary/aromatic N) is 1. The molecule has 0 aliphatic carbocycles. The third kappa shape index (κ3) is 5.39. The third-order valence-electron chi connectivity index (χ3n) is 4.94. The largest absolute Gasteiger partial charge is 0.497 e. The van der Waals surface area contributed by atoms with E-state index < -0.39 is 0 Å². The van der Waals surface area contributed by atoms with Crippen molar-refractivity contribution in [1.82, 2.24) is 4.90 Å². The Labute approximate surface area is 160 Å². The number of methoxy groups -OCH3 is 2. The summed E-state index contributed by atoms with van der Waals surface area (Å²) in [4.78, 5) is 14.4. The fraction of sp³-hybridized carbons (Fsp3) is 0.409. The van der Waals surface area contributed by atoms with Crippen molar-refractivity contribution in [2.24, 2.45) is 0 Å². The van der Waals surface area contributed by atoms with Gasteiger partial charge in [0.2, 0.25) is 5.91 Å². The summed E-state index contributed by atoms with van der Waals surface area (Å²) in [5.74, 6) is 2.72. The molecule has 0 atom stereocenters. The van der Waals surface area contributed by atoms with E-state index in [9.17, 15) is 4.79 Å². The first-order valence-corrected chi connectivity index (χ1v) is 9.39. The standard InChI is InChI=1S/C22H27NO4/c1-25-18-6-3-17(4-7-18)5-12-22(24)23-15-13-21(14-16-23)27-20-10-8-19(26-2)9-11-20/h3-4,6-11,21H,5,12-16H2,1-2H3. The minimum Gasteiger partial charge on any atom is -0.497 e. The average molecular weight is 369 g/mol. The van der Waals surface area contributed by atoms with Crippen LogP contribution in [0.15, 0.2) is 48.5 Å². The predicted molar refractivity (Wildman–Crippen MR) is 105 cm³/mol. The first kappa shape index (κ1) is 19.1. The lowest BCUT2D eigenvalue weighted by molar-refractivity contribution is -0.132. The van der Waals surface area contributed by atoms with Crippen molar-refractivity contribution < 1.29 is 19.0 Å². The highest BCUT2D eigenvalue weighted by molar-refractivity contribution is 5.76. The lowest BCUT2D eigenvalue weighted by atomic mass is 10.1. The second kappa shape index (κ2) is 9.31. The number of carbonyl (C=O) groups is 1. The van der Waals surface area contributed by atoms with Gasteiger partial charge >= 0.3 is 0 Å². The van der Waals surface area contributed by atoms with Gasteiger partial charge in [-0.25, -0.2) is 0 Å². The van der Waals surface area contributed by atoms with Crippen molar-refractivity contribution >= 4 is 5.91 Å². The molecule has 144 valence electrons. The van der Waals surface area contributed by atoms with E-state index in [4.69, 9.17) is 14.2 Å². The zero-order valence-corrected chi connectivity index (χ0v) is 16.0. The van der Waals surface area contributed by atoms with Crippen molar-refractivity contribution in [2.75, 3.05) is 27.3 Å². The normalized spacial score (nSPS) is 14.7. The summed E-state index contributed by atoms with van der Waals surface area (Å²) < 4.78 is 16.3. The molecule has 1 amide bonds. The summed E-state index contributed by atoms with van der Waals surface area (Å²) in [5.41, 5.74) is 1.15. The van der Waals surface area contributed by atoms with Gasteiger partial charge in [-0.2, -0.15) is 0 Å². The number of amides is 1. The summed E-state index contributed by atoms with van der Waals surface area (Å²) in [6.07, 6.45) is 3.17. The Morgan fingerprint density at radius 1 is 0.889 bits per heavy atom. The molecule has 1 fully saturated rings. The highest BCUT2D eigenvalue weighted by atomic mass is 16.5. The van der Waals surface area contributed by atoms with Crippen molar-refractivity contribution in [2.45, 2.75) is 31.8 Å². The Morgan fingerprint density at radius 3 is 1.96 bits per heavy atom. The van der Waals surface area contributed by atoms with Crippen LogP contribution < -0.4 is 14.2 Å². The van der Waals surface area contributed by atoms with Gasteiger partial charge in [0, 0.05) is 32.4 Å². The van der Waals surface area contributed by atoms with Crippen molar-refractivity contribution in [3.63, 3.8) is 0 Å². The van der Waals surface area contributed by atoms with Crippen molar-refractivity contribution in [1.29, 1.82) is 0 Å². The van der Waals surface area contributed by atoms with E-state index in [2.05, 4.69) is 0 Å². The van der Waals surface area contributed by atoms with Crippen LogP contribution in [0.4, 0.5) is 0 Å². The molecule has 27 heavy (non-hydrogen) atoms. The first-order valence-electron chi connectivity index (χ1n) is 9.39. The lowest BCUT2D eigenvalue weighted by Gasteiger charge is -2.32. The molecule has 5 nitrogen and oxygen atoms in total. The molecule has 1 aliphatic rings. The number of benzene rings is 2. The minimum absolute atomic E-state index is 0.157. The van der Waals surface area contributed by atoms with Gasteiger partial charge in [-0.05, 0) is 48.4 Å². The molecule has 1 heterocycles. The van der Waals surface area contributed by atoms with Gasteiger partial charge < -0.3 is 19.1 Å². The van der Waals surface area contributed by atoms with E-state index >= 15 is 0 Å². The Kier molecular flexibility index (Phi) is 6.58. The molecule has 0 bridgehead atoms. The summed E-state index contributed by atoms with van der Waals surface area (Å²) >= 11 is 0. The van der Waals surface area contributed by atoms with E-state index in [1.165, 1.54) is 0 Å². The molecule has 0 aromatic heterocycles. The van der Waals surface area contributed by atoms with Crippen LogP contribution in [0, 0.1) is 0 Å². The second-order valence-corrected chi connectivity index (χ2v) is 6.72. The molecule has 0 unspecified atom stereocenters. The molecule has 2 aromatic carbocycles. The van der Waals surface area contributed by atoms with Crippen LogP contribution in [0.5, 0.6) is 17.2 Å². The number of carbonyl (C=O) groups excluding carboxylic acids is 1. The predicted octanol–water partition coefficient (Wildman–Crippen LogP) is 3.71. The molecular formula is C22H27NO4. The monoisotopic (exact) mass is 369 g/mol. The van der Waals surface area contributed by atoms with Crippen LogP contribution in [0.1, 0.15) is 24.8 Å². The maximum atomic E-state index is 12.5. The van der Waals surface area contributed by atoms with E-state index in [0.29, 0.717) is 6.42 Å². The highest BCUT2D eigenvalue weighted by Crippen LogP contribution is 2.22. The molecule has 3 rings (SSSR count). The quantitative estimate of drug-likeness (QED) is 0.747. The van der Waals surface area contributed by atoms with Gasteiger partial charge in [0.05, 0.1) is 14.2 Å². The molecule has 5 heteroatoms. The molecule has 0 saturated carbocycles. The van der Waals surface area contributed by atoms with E-state index in [-0.39, 0.29) is 12.0 Å². The van der Waals surface area contributed by atoms with Gasteiger partial charge in [-0.3, -0.25) is 4.79 Å². The maximum absolute atomic E-state index is 12.5. The number of aryl methyl sites for hydroxylation is 1. The summed E-state index contributed by atoms with van der Waals surface area (Å²) in [5, 5.41) is 0. The molecule has 1 saturated heterocycles. The van der Waals surface area contributed by atoms with Crippen LogP contribution in [0.3, 0.4) is 0 Å². The summed E-state index contributed by atoms with van der Waals surface area (Å²) in [6, 6.07) is 15.5. The number of hydrogen-bond acceptors (Lipinski definition) is 4. The Morgan fingerprint density at radius 2 is 1.41 bits per heavy atom. The zero-order valence-electron chi connectivity index (χ0n) is 16.0. The van der Waals surface area contributed by atoms with E-state index in [1.54, 1.807) is 14.2 Å². The molecule has 1 aliphatic heterocycles. The Bertz CT molecular complexity index is 719. The van der Waals surface area contributed by atoms with Crippen LogP contribution in [-0.2, 0) is 11.2 Å². The Hall–Kier alpha value is -2.69. The smallest absolute Gasteiger partial charge is 0.222 e. The second-order valence-electron chi connectivity index (χ2n) is 6.72. The zero-order chi connectivity index (χ0) is 19.1. The number of likely N-dealkylation sites (tertiary alicyclic amines) is 1. The average Bonchev–Trinajstić information content (AvgIpc) is 2.73. The fourth-order valence-corrected chi connectivity index (χ4v) is 3.27. The van der Waals surface area contributed by atoms with E-state index in [0.717, 1.165) is 55.2 Å². The molecule has 0 N–H and O–H groups in total. The number of ether oxygens (including phenoxy) is 3. The Balaban J connectivity index is 1.41. The molecule has 0 radical (unpaired) electrons. The van der Waals surface area contributed by atoms with Gasteiger partial charge in [0.15, 0.2) is 0 Å². The van der Waals surface area contributed by atoms with Gasteiger partial charge in [-0.15, -0.1) is 0 Å². The summed E-state index contributed by atoms with van der Waals surface area (Å²) in [7, 11) is 3.30. The molecule has 2 aromatic rings.